The summed E-state index contributed by atoms with van der Waals surface area (Å²) in [5.74, 6) is 2.52. The second-order valence-corrected chi connectivity index (χ2v) is 8.24. The Morgan fingerprint density at radius 3 is 2.27 bits per heavy atom. The molecule has 0 amide bonds. The van der Waals surface area contributed by atoms with Crippen molar-refractivity contribution in [2.45, 2.75) is 23.0 Å². The van der Waals surface area contributed by atoms with Crippen LogP contribution in [0.4, 0.5) is 0 Å². The summed E-state index contributed by atoms with van der Waals surface area (Å²) in [5, 5.41) is 20.7. The quantitative estimate of drug-likeness (QED) is 0.870. The van der Waals surface area contributed by atoms with Crippen LogP contribution in [-0.4, -0.2) is 26.3 Å². The summed E-state index contributed by atoms with van der Waals surface area (Å²) in [5.41, 5.74) is 1.94. The molecule has 2 aromatic rings. The Balaban J connectivity index is 1.93. The molecule has 0 bridgehead atoms. The number of aliphatic hydroxyl groups excluding tert-OH is 1. The number of thioether (sulfide) groups is 2. The van der Waals surface area contributed by atoms with Crippen LogP contribution in [0.3, 0.4) is 0 Å². The van der Waals surface area contributed by atoms with Gasteiger partial charge in [-0.05, 0) is 41.2 Å². The largest absolute Gasteiger partial charge is 0.508 e. The van der Waals surface area contributed by atoms with E-state index in [1.807, 2.05) is 47.8 Å². The first-order valence-electron chi connectivity index (χ1n) is 7.51. The maximum absolute atomic E-state index is 11.0. The van der Waals surface area contributed by atoms with Gasteiger partial charge in [-0.3, -0.25) is 0 Å². The Morgan fingerprint density at radius 1 is 0.909 bits per heavy atom. The Bertz CT molecular complexity index is 597. The number of aromatic hydroxyl groups is 1. The van der Waals surface area contributed by atoms with Crippen molar-refractivity contribution < 1.29 is 10.2 Å². The highest BCUT2D eigenvalue weighted by atomic mass is 32.2. The van der Waals surface area contributed by atoms with E-state index in [0.717, 1.165) is 22.6 Å². The molecule has 1 saturated heterocycles. The molecule has 2 atom stereocenters. The predicted molar refractivity (Wildman–Crippen MR) is 95.6 cm³/mol. The zero-order valence-electron chi connectivity index (χ0n) is 12.3. The Hall–Kier alpha value is -1.10. The van der Waals surface area contributed by atoms with Crippen molar-refractivity contribution in [2.75, 3.05) is 11.5 Å². The van der Waals surface area contributed by atoms with Crippen LogP contribution in [-0.2, 0) is 0 Å². The summed E-state index contributed by atoms with van der Waals surface area (Å²) in [7, 11) is 0. The molecular weight excluding hydrogens is 312 g/mol. The summed E-state index contributed by atoms with van der Waals surface area (Å²) < 4.78 is 0.341. The summed E-state index contributed by atoms with van der Waals surface area (Å²) in [6.45, 7) is 0. The second-order valence-electron chi connectivity index (χ2n) is 5.44. The predicted octanol–water partition coefficient (Wildman–Crippen LogP) is 4.41. The standard InChI is InChI=1S/C18H20O2S2/c19-15-9-4-8-14(12-15)17(20)16(13-6-2-1-3-7-13)18-21-10-5-11-22-18/h1-4,6-9,12,16-20H,5,10-11H2. The molecule has 1 heterocycles. The fraction of sp³-hybridized carbons (Fsp3) is 0.333. The van der Waals surface area contributed by atoms with E-state index in [-0.39, 0.29) is 11.7 Å². The lowest BCUT2D eigenvalue weighted by atomic mass is 9.90. The zero-order valence-corrected chi connectivity index (χ0v) is 13.9. The maximum atomic E-state index is 11.0. The van der Waals surface area contributed by atoms with Gasteiger partial charge in [0.15, 0.2) is 0 Å². The van der Waals surface area contributed by atoms with Crippen LogP contribution in [0.1, 0.15) is 29.6 Å². The molecule has 0 radical (unpaired) electrons. The van der Waals surface area contributed by atoms with Crippen LogP contribution in [0, 0.1) is 0 Å². The fourth-order valence-electron chi connectivity index (χ4n) is 2.79. The van der Waals surface area contributed by atoms with Crippen LogP contribution in [0.5, 0.6) is 5.75 Å². The van der Waals surface area contributed by atoms with Crippen LogP contribution >= 0.6 is 23.5 Å². The summed E-state index contributed by atoms with van der Waals surface area (Å²) in [6.07, 6.45) is 0.618. The van der Waals surface area contributed by atoms with Crippen molar-refractivity contribution in [3.05, 3.63) is 65.7 Å². The highest BCUT2D eigenvalue weighted by Gasteiger charge is 2.33. The molecule has 1 aliphatic rings. The molecule has 116 valence electrons. The lowest BCUT2D eigenvalue weighted by molar-refractivity contribution is 0.150. The van der Waals surface area contributed by atoms with E-state index in [2.05, 4.69) is 12.1 Å². The van der Waals surface area contributed by atoms with Crippen molar-refractivity contribution in [2.24, 2.45) is 0 Å². The molecular formula is C18H20O2S2. The van der Waals surface area contributed by atoms with Crippen LogP contribution in [0.25, 0.3) is 0 Å². The van der Waals surface area contributed by atoms with Gasteiger partial charge < -0.3 is 10.2 Å². The molecule has 2 unspecified atom stereocenters. The summed E-state index contributed by atoms with van der Waals surface area (Å²) >= 11 is 3.87. The third-order valence-electron chi connectivity index (χ3n) is 3.88. The van der Waals surface area contributed by atoms with Gasteiger partial charge in [0.1, 0.15) is 5.75 Å². The Morgan fingerprint density at radius 2 is 1.59 bits per heavy atom. The average Bonchev–Trinajstić information content (AvgIpc) is 2.57. The molecule has 3 rings (SSSR count). The fourth-order valence-corrected chi connectivity index (χ4v) is 6.05. The second kappa shape index (κ2) is 7.44. The van der Waals surface area contributed by atoms with Gasteiger partial charge in [-0.2, -0.15) is 0 Å². The highest BCUT2D eigenvalue weighted by molar-refractivity contribution is 8.17. The molecule has 4 heteroatoms. The van der Waals surface area contributed by atoms with E-state index >= 15 is 0 Å². The number of hydrogen-bond acceptors (Lipinski definition) is 4. The molecule has 1 fully saturated rings. The monoisotopic (exact) mass is 332 g/mol. The molecule has 2 aromatic carbocycles. The number of phenols is 1. The first-order valence-corrected chi connectivity index (χ1v) is 9.60. The van der Waals surface area contributed by atoms with E-state index in [9.17, 15) is 10.2 Å². The normalized spacial score (nSPS) is 18.8. The van der Waals surface area contributed by atoms with Crippen LogP contribution in [0.2, 0.25) is 0 Å². The number of hydrogen-bond donors (Lipinski definition) is 2. The highest BCUT2D eigenvalue weighted by Crippen LogP contribution is 2.46. The minimum Gasteiger partial charge on any atom is -0.508 e. The van der Waals surface area contributed by atoms with Gasteiger partial charge in [-0.15, -0.1) is 23.5 Å². The van der Waals surface area contributed by atoms with Crippen molar-refractivity contribution in [1.82, 2.24) is 0 Å². The van der Waals surface area contributed by atoms with Gasteiger partial charge in [0.25, 0.3) is 0 Å². The van der Waals surface area contributed by atoms with Crippen molar-refractivity contribution in [3.63, 3.8) is 0 Å². The van der Waals surface area contributed by atoms with E-state index in [4.69, 9.17) is 0 Å². The first-order chi connectivity index (χ1) is 10.8. The van der Waals surface area contributed by atoms with E-state index in [1.165, 1.54) is 6.42 Å². The topological polar surface area (TPSA) is 40.5 Å². The van der Waals surface area contributed by atoms with Gasteiger partial charge in [-0.25, -0.2) is 0 Å². The van der Waals surface area contributed by atoms with Gasteiger partial charge in [-0.1, -0.05) is 42.5 Å². The van der Waals surface area contributed by atoms with Gasteiger partial charge in [0.05, 0.1) is 10.7 Å². The Labute approximate surface area is 140 Å². The minimum atomic E-state index is -0.613. The zero-order chi connectivity index (χ0) is 15.4. The average molecular weight is 332 g/mol. The molecule has 1 aliphatic heterocycles. The lowest BCUT2D eigenvalue weighted by Crippen LogP contribution is -2.23. The van der Waals surface area contributed by atoms with Gasteiger partial charge >= 0.3 is 0 Å². The smallest absolute Gasteiger partial charge is 0.115 e. The van der Waals surface area contributed by atoms with Crippen molar-refractivity contribution in [3.8, 4) is 5.75 Å². The van der Waals surface area contributed by atoms with Gasteiger partial charge in [0, 0.05) is 5.92 Å². The molecule has 0 saturated carbocycles. The van der Waals surface area contributed by atoms with E-state index in [0.29, 0.717) is 4.58 Å². The number of benzene rings is 2. The lowest BCUT2D eigenvalue weighted by Gasteiger charge is -2.33. The number of aliphatic hydroxyl groups is 1. The molecule has 0 aromatic heterocycles. The third kappa shape index (κ3) is 3.62. The number of phenolic OH excluding ortho intramolecular Hbond substituents is 1. The molecule has 2 N–H and O–H groups in total. The third-order valence-corrected chi connectivity index (χ3v) is 6.99. The number of rotatable bonds is 4. The van der Waals surface area contributed by atoms with Gasteiger partial charge in [0.2, 0.25) is 0 Å². The molecule has 22 heavy (non-hydrogen) atoms. The molecule has 2 nitrogen and oxygen atoms in total. The first kappa shape index (κ1) is 15.8. The SMILES string of the molecule is Oc1cccc(C(O)C(c2ccccc2)C2SCCCS2)c1. The van der Waals surface area contributed by atoms with E-state index < -0.39 is 6.10 Å². The summed E-state index contributed by atoms with van der Waals surface area (Å²) in [4.78, 5) is 0. The van der Waals surface area contributed by atoms with Crippen molar-refractivity contribution >= 4 is 23.5 Å². The summed E-state index contributed by atoms with van der Waals surface area (Å²) in [6, 6.07) is 17.2. The minimum absolute atomic E-state index is 0.0262. The van der Waals surface area contributed by atoms with Crippen LogP contribution in [0.15, 0.2) is 54.6 Å². The maximum Gasteiger partial charge on any atom is 0.115 e. The molecule has 0 aliphatic carbocycles. The molecule has 0 spiro atoms. The van der Waals surface area contributed by atoms with Crippen molar-refractivity contribution in [1.29, 1.82) is 0 Å². The van der Waals surface area contributed by atoms with E-state index in [1.54, 1.807) is 18.2 Å². The van der Waals surface area contributed by atoms with Crippen LogP contribution < -0.4 is 0 Å². The Kier molecular flexibility index (Phi) is 5.34.